The Labute approximate surface area is 129 Å². The van der Waals surface area contributed by atoms with E-state index >= 15 is 0 Å². The normalized spacial score (nSPS) is 28.0. The van der Waals surface area contributed by atoms with Crippen LogP contribution < -0.4 is 5.32 Å². The molecule has 1 N–H and O–H groups in total. The van der Waals surface area contributed by atoms with Gasteiger partial charge in [-0.3, -0.25) is 4.90 Å². The van der Waals surface area contributed by atoms with E-state index in [-0.39, 0.29) is 0 Å². The molecule has 1 saturated carbocycles. The fourth-order valence-corrected chi connectivity index (χ4v) is 3.54. The quantitative estimate of drug-likeness (QED) is 0.856. The minimum absolute atomic E-state index is 0.616. The molecule has 0 bridgehead atoms. The highest BCUT2D eigenvalue weighted by molar-refractivity contribution is 5.25. The average Bonchev–Trinajstić information content (AvgIpc) is 3.23. The molecule has 0 radical (unpaired) electrons. The van der Waals surface area contributed by atoms with Gasteiger partial charge in [0.15, 0.2) is 0 Å². The second kappa shape index (κ2) is 6.50. The zero-order chi connectivity index (χ0) is 14.8. The molecule has 2 nitrogen and oxygen atoms in total. The van der Waals surface area contributed by atoms with Gasteiger partial charge in [0, 0.05) is 31.7 Å². The Morgan fingerprint density at radius 2 is 1.90 bits per heavy atom. The van der Waals surface area contributed by atoms with Crippen molar-refractivity contribution in [2.24, 2.45) is 5.92 Å². The Kier molecular flexibility index (Phi) is 4.66. The molecule has 1 heterocycles. The average molecular weight is 286 g/mol. The molecule has 2 fully saturated rings. The van der Waals surface area contributed by atoms with Crippen molar-refractivity contribution in [2.75, 3.05) is 13.1 Å². The van der Waals surface area contributed by atoms with Crippen LogP contribution in [0.2, 0.25) is 0 Å². The van der Waals surface area contributed by atoms with Gasteiger partial charge in [-0.1, -0.05) is 38.1 Å². The lowest BCUT2D eigenvalue weighted by molar-refractivity contribution is 0.256. The van der Waals surface area contributed by atoms with Crippen molar-refractivity contribution in [1.29, 1.82) is 0 Å². The molecule has 3 rings (SSSR count). The molecule has 1 saturated heterocycles. The Balaban J connectivity index is 1.53. The molecule has 1 aromatic rings. The molecule has 1 aromatic carbocycles. The number of rotatable bonds is 6. The molecule has 116 valence electrons. The topological polar surface area (TPSA) is 15.3 Å². The predicted octanol–water partition coefficient (Wildman–Crippen LogP) is 3.77. The standard InChI is InChI=1S/C19H30N2/c1-14-10-16(3)21(12-14)13-17-4-6-18(7-5-17)15(2)11-20-19-8-9-19/h4-7,14-16,19-20H,8-13H2,1-3H3. The summed E-state index contributed by atoms with van der Waals surface area (Å²) in [5.41, 5.74) is 2.93. The summed E-state index contributed by atoms with van der Waals surface area (Å²) in [4.78, 5) is 2.62. The first-order valence-corrected chi connectivity index (χ1v) is 8.68. The summed E-state index contributed by atoms with van der Waals surface area (Å²) in [5, 5.41) is 3.63. The first kappa shape index (κ1) is 15.1. The minimum atomic E-state index is 0.616. The van der Waals surface area contributed by atoms with E-state index < -0.39 is 0 Å². The van der Waals surface area contributed by atoms with Crippen LogP contribution in [0, 0.1) is 5.92 Å². The number of likely N-dealkylation sites (tertiary alicyclic amines) is 1. The second-order valence-corrected chi connectivity index (χ2v) is 7.44. The van der Waals surface area contributed by atoms with Crippen LogP contribution in [0.25, 0.3) is 0 Å². The summed E-state index contributed by atoms with van der Waals surface area (Å²) >= 11 is 0. The largest absolute Gasteiger partial charge is 0.313 e. The Morgan fingerprint density at radius 3 is 2.48 bits per heavy atom. The zero-order valence-corrected chi connectivity index (χ0v) is 13.8. The van der Waals surface area contributed by atoms with Gasteiger partial charge in [0.25, 0.3) is 0 Å². The van der Waals surface area contributed by atoms with E-state index in [2.05, 4.69) is 55.3 Å². The fourth-order valence-electron chi connectivity index (χ4n) is 3.54. The molecular weight excluding hydrogens is 256 g/mol. The summed E-state index contributed by atoms with van der Waals surface area (Å²) in [6.07, 6.45) is 4.10. The van der Waals surface area contributed by atoms with Crippen molar-refractivity contribution >= 4 is 0 Å². The van der Waals surface area contributed by atoms with E-state index in [1.165, 1.54) is 36.9 Å². The van der Waals surface area contributed by atoms with Gasteiger partial charge in [-0.15, -0.1) is 0 Å². The van der Waals surface area contributed by atoms with Crippen molar-refractivity contribution in [1.82, 2.24) is 10.2 Å². The summed E-state index contributed by atoms with van der Waals surface area (Å²) in [6.45, 7) is 10.5. The molecule has 2 heteroatoms. The predicted molar refractivity (Wildman–Crippen MR) is 89.5 cm³/mol. The highest BCUT2D eigenvalue weighted by Crippen LogP contribution is 2.25. The van der Waals surface area contributed by atoms with Crippen molar-refractivity contribution < 1.29 is 0 Å². The van der Waals surface area contributed by atoms with Crippen LogP contribution in [0.5, 0.6) is 0 Å². The van der Waals surface area contributed by atoms with Crippen LogP contribution in [0.1, 0.15) is 57.1 Å². The van der Waals surface area contributed by atoms with Gasteiger partial charge < -0.3 is 5.32 Å². The monoisotopic (exact) mass is 286 g/mol. The van der Waals surface area contributed by atoms with E-state index in [1.807, 2.05) is 0 Å². The number of benzene rings is 1. The third-order valence-electron chi connectivity index (χ3n) is 5.14. The molecule has 3 unspecified atom stereocenters. The van der Waals surface area contributed by atoms with Crippen molar-refractivity contribution in [3.63, 3.8) is 0 Å². The van der Waals surface area contributed by atoms with Gasteiger partial charge in [-0.2, -0.15) is 0 Å². The van der Waals surface area contributed by atoms with Crippen LogP contribution in [0.4, 0.5) is 0 Å². The molecule has 21 heavy (non-hydrogen) atoms. The number of nitrogens with zero attached hydrogens (tertiary/aromatic N) is 1. The van der Waals surface area contributed by atoms with Crippen molar-refractivity contribution in [3.05, 3.63) is 35.4 Å². The smallest absolute Gasteiger partial charge is 0.0236 e. The molecule has 3 atom stereocenters. The van der Waals surface area contributed by atoms with E-state index in [9.17, 15) is 0 Å². The molecule has 1 aliphatic heterocycles. The molecular formula is C19H30N2. The van der Waals surface area contributed by atoms with Gasteiger partial charge in [-0.05, 0) is 49.1 Å². The third kappa shape index (κ3) is 4.08. The van der Waals surface area contributed by atoms with Gasteiger partial charge in [0.2, 0.25) is 0 Å². The van der Waals surface area contributed by atoms with Crippen LogP contribution in [0.3, 0.4) is 0 Å². The van der Waals surface area contributed by atoms with E-state index in [1.54, 1.807) is 0 Å². The molecule has 0 amide bonds. The first-order chi connectivity index (χ1) is 10.1. The Morgan fingerprint density at radius 1 is 1.19 bits per heavy atom. The van der Waals surface area contributed by atoms with Gasteiger partial charge >= 0.3 is 0 Å². The van der Waals surface area contributed by atoms with Crippen LogP contribution >= 0.6 is 0 Å². The molecule has 0 aromatic heterocycles. The lowest BCUT2D eigenvalue weighted by atomic mass is 9.99. The lowest BCUT2D eigenvalue weighted by Crippen LogP contribution is -2.26. The number of hydrogen-bond donors (Lipinski definition) is 1. The van der Waals surface area contributed by atoms with Crippen LogP contribution in [-0.2, 0) is 6.54 Å². The summed E-state index contributed by atoms with van der Waals surface area (Å²) in [7, 11) is 0. The third-order valence-corrected chi connectivity index (χ3v) is 5.14. The summed E-state index contributed by atoms with van der Waals surface area (Å²) in [5.74, 6) is 1.47. The first-order valence-electron chi connectivity index (χ1n) is 8.68. The SMILES string of the molecule is CC1CC(C)N(Cc2ccc(C(C)CNC3CC3)cc2)C1. The lowest BCUT2D eigenvalue weighted by Gasteiger charge is -2.21. The van der Waals surface area contributed by atoms with E-state index in [0.717, 1.165) is 31.1 Å². The van der Waals surface area contributed by atoms with Gasteiger partial charge in [0.05, 0.1) is 0 Å². The maximum Gasteiger partial charge on any atom is 0.0236 e. The van der Waals surface area contributed by atoms with Crippen molar-refractivity contribution in [2.45, 2.75) is 64.6 Å². The highest BCUT2D eigenvalue weighted by atomic mass is 15.2. The van der Waals surface area contributed by atoms with E-state index in [0.29, 0.717) is 5.92 Å². The van der Waals surface area contributed by atoms with Gasteiger partial charge in [0.1, 0.15) is 0 Å². The van der Waals surface area contributed by atoms with Crippen LogP contribution in [-0.4, -0.2) is 30.1 Å². The van der Waals surface area contributed by atoms with Gasteiger partial charge in [-0.25, -0.2) is 0 Å². The maximum absolute atomic E-state index is 3.63. The summed E-state index contributed by atoms with van der Waals surface area (Å²) < 4.78 is 0. The molecule has 0 spiro atoms. The van der Waals surface area contributed by atoms with E-state index in [4.69, 9.17) is 0 Å². The Bertz CT molecular complexity index is 449. The zero-order valence-electron chi connectivity index (χ0n) is 13.8. The maximum atomic E-state index is 3.63. The summed E-state index contributed by atoms with van der Waals surface area (Å²) in [6, 6.07) is 10.9. The fraction of sp³-hybridized carbons (Fsp3) is 0.684. The minimum Gasteiger partial charge on any atom is -0.313 e. The second-order valence-electron chi connectivity index (χ2n) is 7.44. The molecule has 2 aliphatic rings. The number of hydrogen-bond acceptors (Lipinski definition) is 2. The highest BCUT2D eigenvalue weighted by Gasteiger charge is 2.25. The van der Waals surface area contributed by atoms with Crippen LogP contribution in [0.15, 0.2) is 24.3 Å². The number of nitrogens with one attached hydrogen (secondary N) is 1. The molecule has 1 aliphatic carbocycles. The Hall–Kier alpha value is -0.860. The van der Waals surface area contributed by atoms with Crippen molar-refractivity contribution in [3.8, 4) is 0 Å².